The summed E-state index contributed by atoms with van der Waals surface area (Å²) in [6.07, 6.45) is 0. The standard InChI is InChI=1S/C16H16FN3/c1-19(2)14-5-3-4-6-15(14)20-10-11-7-8-12(17)9-13(11)16(20)18/h3-9,18H,10H2,1-2H3. The molecule has 0 saturated carbocycles. The van der Waals surface area contributed by atoms with Crippen LogP contribution in [0.3, 0.4) is 0 Å². The molecule has 0 aromatic heterocycles. The third-order valence-electron chi connectivity index (χ3n) is 3.58. The lowest BCUT2D eigenvalue weighted by molar-refractivity contribution is 0.627. The molecule has 0 atom stereocenters. The van der Waals surface area contributed by atoms with Crippen LogP contribution in [0, 0.1) is 11.2 Å². The van der Waals surface area contributed by atoms with Gasteiger partial charge in [0.1, 0.15) is 11.7 Å². The molecule has 0 saturated heterocycles. The Balaban J connectivity index is 2.05. The van der Waals surface area contributed by atoms with Crippen LogP contribution in [0.15, 0.2) is 42.5 Å². The van der Waals surface area contributed by atoms with Crippen LogP contribution in [-0.4, -0.2) is 19.9 Å². The topological polar surface area (TPSA) is 30.3 Å². The highest BCUT2D eigenvalue weighted by Crippen LogP contribution is 2.34. The molecule has 20 heavy (non-hydrogen) atoms. The number of halogens is 1. The van der Waals surface area contributed by atoms with Gasteiger partial charge >= 0.3 is 0 Å². The first kappa shape index (κ1) is 12.7. The van der Waals surface area contributed by atoms with E-state index in [4.69, 9.17) is 5.41 Å². The summed E-state index contributed by atoms with van der Waals surface area (Å²) < 4.78 is 13.3. The first-order chi connectivity index (χ1) is 9.58. The summed E-state index contributed by atoms with van der Waals surface area (Å²) >= 11 is 0. The number of hydrogen-bond acceptors (Lipinski definition) is 2. The van der Waals surface area contributed by atoms with Gasteiger partial charge in [-0.15, -0.1) is 0 Å². The van der Waals surface area contributed by atoms with Gasteiger partial charge in [-0.3, -0.25) is 5.41 Å². The van der Waals surface area contributed by atoms with Crippen LogP contribution in [0.25, 0.3) is 0 Å². The van der Waals surface area contributed by atoms with Gasteiger partial charge in [-0.2, -0.15) is 0 Å². The third kappa shape index (κ3) is 1.93. The van der Waals surface area contributed by atoms with E-state index in [9.17, 15) is 4.39 Å². The summed E-state index contributed by atoms with van der Waals surface area (Å²) in [4.78, 5) is 3.94. The van der Waals surface area contributed by atoms with Gasteiger partial charge in [0.15, 0.2) is 0 Å². The predicted octanol–water partition coefficient (Wildman–Crippen LogP) is 3.24. The van der Waals surface area contributed by atoms with Gasteiger partial charge < -0.3 is 9.80 Å². The van der Waals surface area contributed by atoms with Gasteiger partial charge in [-0.1, -0.05) is 18.2 Å². The summed E-state index contributed by atoms with van der Waals surface area (Å²) in [5.74, 6) is 0.0602. The minimum atomic E-state index is -0.295. The molecule has 3 nitrogen and oxygen atoms in total. The zero-order valence-corrected chi connectivity index (χ0v) is 11.5. The summed E-state index contributed by atoms with van der Waals surface area (Å²) in [6.45, 7) is 0.610. The van der Waals surface area contributed by atoms with Crippen molar-refractivity contribution >= 4 is 17.2 Å². The number of nitrogens with one attached hydrogen (secondary N) is 1. The molecule has 2 aromatic rings. The van der Waals surface area contributed by atoms with Crippen molar-refractivity contribution in [2.24, 2.45) is 0 Å². The zero-order chi connectivity index (χ0) is 14.3. The maximum absolute atomic E-state index is 13.3. The first-order valence-corrected chi connectivity index (χ1v) is 6.49. The van der Waals surface area contributed by atoms with Crippen molar-refractivity contribution in [2.75, 3.05) is 23.9 Å². The van der Waals surface area contributed by atoms with Gasteiger partial charge in [0.05, 0.1) is 17.9 Å². The van der Waals surface area contributed by atoms with E-state index in [1.54, 1.807) is 6.07 Å². The van der Waals surface area contributed by atoms with Crippen molar-refractivity contribution in [1.82, 2.24) is 0 Å². The van der Waals surface area contributed by atoms with Crippen molar-refractivity contribution in [3.8, 4) is 0 Å². The van der Waals surface area contributed by atoms with Crippen LogP contribution in [0.4, 0.5) is 15.8 Å². The van der Waals surface area contributed by atoms with E-state index in [2.05, 4.69) is 0 Å². The molecule has 1 heterocycles. The summed E-state index contributed by atoms with van der Waals surface area (Å²) in [5, 5.41) is 8.30. The Morgan fingerprint density at radius 2 is 1.90 bits per heavy atom. The molecule has 0 unspecified atom stereocenters. The highest BCUT2D eigenvalue weighted by molar-refractivity contribution is 6.13. The van der Waals surface area contributed by atoms with Crippen LogP contribution >= 0.6 is 0 Å². The highest BCUT2D eigenvalue weighted by Gasteiger charge is 2.27. The molecule has 1 N–H and O–H groups in total. The number of benzene rings is 2. The van der Waals surface area contributed by atoms with Gasteiger partial charge in [0.2, 0.25) is 0 Å². The quantitative estimate of drug-likeness (QED) is 0.907. The van der Waals surface area contributed by atoms with Crippen LogP contribution in [-0.2, 0) is 6.54 Å². The van der Waals surface area contributed by atoms with Crippen molar-refractivity contribution in [2.45, 2.75) is 6.54 Å². The number of anilines is 2. The Morgan fingerprint density at radius 3 is 2.65 bits per heavy atom. The lowest BCUT2D eigenvalue weighted by Crippen LogP contribution is -2.25. The van der Waals surface area contributed by atoms with Gasteiger partial charge in [0, 0.05) is 19.7 Å². The lowest BCUT2D eigenvalue weighted by Gasteiger charge is -2.25. The Kier molecular flexibility index (Phi) is 2.93. The molecule has 0 spiro atoms. The Hall–Kier alpha value is -2.36. The van der Waals surface area contributed by atoms with Gasteiger partial charge in [-0.05, 0) is 29.8 Å². The average Bonchev–Trinajstić information content (AvgIpc) is 2.76. The van der Waals surface area contributed by atoms with Crippen LogP contribution in [0.1, 0.15) is 11.1 Å². The normalized spacial score (nSPS) is 13.6. The molecule has 0 fully saturated rings. The summed E-state index contributed by atoms with van der Waals surface area (Å²) in [7, 11) is 3.96. The van der Waals surface area contributed by atoms with E-state index in [0.29, 0.717) is 17.9 Å². The maximum Gasteiger partial charge on any atom is 0.133 e. The zero-order valence-electron chi connectivity index (χ0n) is 11.5. The number of fused-ring (bicyclic) bond motifs is 1. The third-order valence-corrected chi connectivity index (χ3v) is 3.58. The molecule has 102 valence electrons. The molecule has 4 heteroatoms. The number of amidine groups is 1. The average molecular weight is 269 g/mol. The number of hydrogen-bond donors (Lipinski definition) is 1. The fourth-order valence-corrected chi connectivity index (χ4v) is 2.58. The molecule has 3 rings (SSSR count). The van der Waals surface area contributed by atoms with E-state index in [1.807, 2.05) is 48.2 Å². The Labute approximate surface area is 117 Å². The largest absolute Gasteiger partial charge is 0.376 e. The minimum Gasteiger partial charge on any atom is -0.376 e. The van der Waals surface area contributed by atoms with Crippen molar-refractivity contribution in [3.63, 3.8) is 0 Å². The fraction of sp³-hybridized carbons (Fsp3) is 0.188. The highest BCUT2D eigenvalue weighted by atomic mass is 19.1. The number of nitrogens with zero attached hydrogens (tertiary/aromatic N) is 2. The molecular weight excluding hydrogens is 253 g/mol. The second kappa shape index (κ2) is 4.63. The van der Waals surface area contributed by atoms with E-state index < -0.39 is 0 Å². The second-order valence-corrected chi connectivity index (χ2v) is 5.12. The maximum atomic E-state index is 13.3. The molecule has 1 aliphatic rings. The summed E-state index contributed by atoms with van der Waals surface area (Å²) in [6, 6.07) is 12.6. The summed E-state index contributed by atoms with van der Waals surface area (Å²) in [5.41, 5.74) is 3.69. The second-order valence-electron chi connectivity index (χ2n) is 5.12. The predicted molar refractivity (Wildman–Crippen MR) is 80.2 cm³/mol. The van der Waals surface area contributed by atoms with E-state index >= 15 is 0 Å². The molecule has 2 aromatic carbocycles. The van der Waals surface area contributed by atoms with Crippen LogP contribution in [0.2, 0.25) is 0 Å². The monoisotopic (exact) mass is 269 g/mol. The van der Waals surface area contributed by atoms with Crippen molar-refractivity contribution in [3.05, 3.63) is 59.4 Å². The first-order valence-electron chi connectivity index (χ1n) is 6.49. The van der Waals surface area contributed by atoms with Crippen LogP contribution < -0.4 is 9.80 Å². The fourth-order valence-electron chi connectivity index (χ4n) is 2.58. The molecule has 0 aliphatic carbocycles. The molecule has 0 radical (unpaired) electrons. The number of rotatable bonds is 2. The lowest BCUT2D eigenvalue weighted by atomic mass is 10.1. The Morgan fingerprint density at radius 1 is 1.15 bits per heavy atom. The van der Waals surface area contributed by atoms with E-state index in [-0.39, 0.29) is 5.82 Å². The van der Waals surface area contributed by atoms with Gasteiger partial charge in [-0.25, -0.2) is 4.39 Å². The van der Waals surface area contributed by atoms with Gasteiger partial charge in [0.25, 0.3) is 0 Å². The molecule has 0 bridgehead atoms. The Bertz CT molecular complexity index is 679. The van der Waals surface area contributed by atoms with Crippen LogP contribution in [0.5, 0.6) is 0 Å². The van der Waals surface area contributed by atoms with E-state index in [1.165, 1.54) is 12.1 Å². The molecule has 1 aliphatic heterocycles. The van der Waals surface area contributed by atoms with Crippen molar-refractivity contribution < 1.29 is 4.39 Å². The smallest absolute Gasteiger partial charge is 0.133 e. The molecular formula is C16H16FN3. The molecule has 0 amide bonds. The van der Waals surface area contributed by atoms with E-state index in [0.717, 1.165) is 16.9 Å². The van der Waals surface area contributed by atoms with Crippen molar-refractivity contribution in [1.29, 1.82) is 5.41 Å². The minimum absolute atomic E-state index is 0.295. The number of para-hydroxylation sites is 2. The SMILES string of the molecule is CN(C)c1ccccc1N1Cc2ccc(F)cc2C1=N.